The molecule has 0 unspecified atom stereocenters. The first kappa shape index (κ1) is 23.3. The summed E-state index contributed by atoms with van der Waals surface area (Å²) in [6, 6.07) is 32.2. The lowest BCUT2D eigenvalue weighted by Crippen LogP contribution is -2.15. The molecular formula is C32H32N2. The minimum absolute atomic E-state index is 0.0594. The van der Waals surface area contributed by atoms with Gasteiger partial charge in [-0.3, -0.25) is 0 Å². The summed E-state index contributed by atoms with van der Waals surface area (Å²) in [5, 5.41) is 12.2. The lowest BCUT2D eigenvalue weighted by atomic mass is 9.82. The molecule has 0 fully saturated rings. The molecule has 1 heterocycles. The number of hydrogen-bond donors (Lipinski definition) is 0. The molecule has 0 spiro atoms. The molecule has 2 heteroatoms. The third-order valence-corrected chi connectivity index (χ3v) is 6.64. The van der Waals surface area contributed by atoms with Crippen LogP contribution in [0.25, 0.3) is 38.6 Å². The van der Waals surface area contributed by atoms with E-state index in [9.17, 15) is 5.26 Å². The number of nitriles is 1. The van der Waals surface area contributed by atoms with Gasteiger partial charge in [0.25, 0.3) is 0 Å². The molecule has 34 heavy (non-hydrogen) atoms. The largest absolute Gasteiger partial charge is 0.308 e. The number of nitrogens with zero attached hydrogens (tertiary/aromatic N) is 2. The van der Waals surface area contributed by atoms with Gasteiger partial charge in [0.15, 0.2) is 0 Å². The van der Waals surface area contributed by atoms with Crippen LogP contribution < -0.4 is 0 Å². The zero-order valence-corrected chi connectivity index (χ0v) is 21.0. The van der Waals surface area contributed by atoms with E-state index in [0.717, 1.165) is 16.7 Å². The molecule has 6 rings (SSSR count). The van der Waals surface area contributed by atoms with Crippen LogP contribution in [0.2, 0.25) is 0 Å². The molecule has 0 atom stereocenters. The van der Waals surface area contributed by atoms with Crippen molar-refractivity contribution in [2.75, 3.05) is 0 Å². The topological polar surface area (TPSA) is 28.7 Å². The minimum Gasteiger partial charge on any atom is -0.308 e. The molecule has 0 amide bonds. The van der Waals surface area contributed by atoms with Crippen molar-refractivity contribution in [2.45, 2.75) is 47.0 Å². The molecule has 1 aliphatic carbocycles. The summed E-state index contributed by atoms with van der Waals surface area (Å²) in [4.78, 5) is 0. The van der Waals surface area contributed by atoms with E-state index in [0.29, 0.717) is 5.56 Å². The maximum Gasteiger partial charge on any atom is 0.101 e. The zero-order chi connectivity index (χ0) is 24.5. The molecule has 170 valence electrons. The number of fused-ring (bicyclic) bond motifs is 6. The van der Waals surface area contributed by atoms with Crippen molar-refractivity contribution < 1.29 is 0 Å². The van der Waals surface area contributed by atoms with Gasteiger partial charge in [-0.2, -0.15) is 5.26 Å². The van der Waals surface area contributed by atoms with E-state index in [-0.39, 0.29) is 5.41 Å². The second-order valence-corrected chi connectivity index (χ2v) is 8.57. The highest BCUT2D eigenvalue weighted by Crippen LogP contribution is 2.50. The quantitative estimate of drug-likeness (QED) is 0.253. The molecule has 0 bridgehead atoms. The second-order valence-electron chi connectivity index (χ2n) is 8.57. The first-order valence-electron chi connectivity index (χ1n) is 12.3. The molecular weight excluding hydrogens is 412 g/mol. The van der Waals surface area contributed by atoms with E-state index in [1.54, 1.807) is 0 Å². The summed E-state index contributed by atoms with van der Waals surface area (Å²) < 4.78 is 2.25. The number of aromatic nitrogens is 1. The Bertz CT molecular complexity index is 1530. The Hall–Kier alpha value is -3.83. The molecule has 2 nitrogen and oxygen atoms in total. The highest BCUT2D eigenvalue weighted by atomic mass is 15.0. The van der Waals surface area contributed by atoms with Crippen molar-refractivity contribution in [1.82, 2.24) is 4.57 Å². The van der Waals surface area contributed by atoms with Gasteiger partial charge in [-0.05, 0) is 52.6 Å². The van der Waals surface area contributed by atoms with Crippen LogP contribution in [0.4, 0.5) is 0 Å². The van der Waals surface area contributed by atoms with Crippen LogP contribution in [-0.4, -0.2) is 4.57 Å². The molecule has 0 saturated heterocycles. The first-order chi connectivity index (χ1) is 16.6. The summed E-state index contributed by atoms with van der Waals surface area (Å²) in [6.07, 6.45) is 0. The van der Waals surface area contributed by atoms with Crippen LogP contribution >= 0.6 is 0 Å². The standard InChI is InChI=1S/C28H20N2.2C2H6/c1-28(2)23-12-6-4-10-19(23)21-15-22-20-11-5-8-14-26(20)30(27(22)16-24(21)28)25-13-7-3-9-18(25)17-29;2*1-2/h3-16H,1-2H3;2*1-2H3. The third-order valence-electron chi connectivity index (χ3n) is 6.64. The Morgan fingerprint density at radius 2 is 1.29 bits per heavy atom. The van der Waals surface area contributed by atoms with E-state index in [2.05, 4.69) is 85.1 Å². The molecule has 0 saturated carbocycles. The van der Waals surface area contributed by atoms with Crippen molar-refractivity contribution in [3.8, 4) is 22.9 Å². The van der Waals surface area contributed by atoms with Crippen LogP contribution in [0.15, 0.2) is 84.9 Å². The fourth-order valence-electron chi connectivity index (χ4n) is 5.19. The third kappa shape index (κ3) is 3.32. The van der Waals surface area contributed by atoms with Gasteiger partial charge in [0.1, 0.15) is 6.07 Å². The van der Waals surface area contributed by atoms with Crippen molar-refractivity contribution >= 4 is 21.8 Å². The van der Waals surface area contributed by atoms with Crippen LogP contribution in [0, 0.1) is 11.3 Å². The predicted octanol–water partition coefficient (Wildman–Crippen LogP) is 9.01. The average molecular weight is 445 g/mol. The normalized spacial score (nSPS) is 12.6. The number of benzene rings is 4. The van der Waals surface area contributed by atoms with E-state index in [1.165, 1.54) is 33.0 Å². The highest BCUT2D eigenvalue weighted by molar-refractivity contribution is 6.11. The summed E-state index contributed by atoms with van der Waals surface area (Å²) in [5.74, 6) is 0. The molecule has 0 N–H and O–H groups in total. The van der Waals surface area contributed by atoms with E-state index in [4.69, 9.17) is 0 Å². The van der Waals surface area contributed by atoms with Crippen LogP contribution in [-0.2, 0) is 5.41 Å². The van der Waals surface area contributed by atoms with Gasteiger partial charge >= 0.3 is 0 Å². The van der Waals surface area contributed by atoms with Gasteiger partial charge in [-0.15, -0.1) is 0 Å². The van der Waals surface area contributed by atoms with Crippen molar-refractivity contribution in [2.24, 2.45) is 0 Å². The molecule has 1 aliphatic rings. The van der Waals surface area contributed by atoms with Gasteiger partial charge < -0.3 is 4.57 Å². The van der Waals surface area contributed by atoms with Gasteiger partial charge in [0.2, 0.25) is 0 Å². The Labute approximate surface area is 203 Å². The van der Waals surface area contributed by atoms with Crippen molar-refractivity contribution in [3.05, 3.63) is 102 Å². The summed E-state index contributed by atoms with van der Waals surface area (Å²) in [6.45, 7) is 12.6. The van der Waals surface area contributed by atoms with E-state index < -0.39 is 0 Å². The molecule has 0 radical (unpaired) electrons. The summed E-state index contributed by atoms with van der Waals surface area (Å²) in [5.41, 5.74) is 9.20. The van der Waals surface area contributed by atoms with Gasteiger partial charge in [0, 0.05) is 16.2 Å². The van der Waals surface area contributed by atoms with Crippen LogP contribution in [0.5, 0.6) is 0 Å². The SMILES string of the molecule is CC.CC.CC1(C)c2ccccc2-c2cc3c4ccccc4n(-c4ccccc4C#N)c3cc21. The lowest BCUT2D eigenvalue weighted by Gasteiger charge is -2.21. The summed E-state index contributed by atoms with van der Waals surface area (Å²) >= 11 is 0. The Morgan fingerprint density at radius 3 is 2.06 bits per heavy atom. The first-order valence-corrected chi connectivity index (χ1v) is 12.3. The Morgan fingerprint density at radius 1 is 0.647 bits per heavy atom. The van der Waals surface area contributed by atoms with E-state index >= 15 is 0 Å². The highest BCUT2D eigenvalue weighted by Gasteiger charge is 2.36. The van der Waals surface area contributed by atoms with Gasteiger partial charge in [-0.1, -0.05) is 96.1 Å². The Kier molecular flexibility index (Phi) is 6.31. The zero-order valence-electron chi connectivity index (χ0n) is 21.0. The van der Waals surface area contributed by atoms with Crippen molar-refractivity contribution in [1.29, 1.82) is 5.26 Å². The smallest absolute Gasteiger partial charge is 0.101 e. The molecule has 4 aromatic carbocycles. The van der Waals surface area contributed by atoms with E-state index in [1.807, 2.05) is 52.0 Å². The molecule has 5 aromatic rings. The van der Waals surface area contributed by atoms with Gasteiger partial charge in [0.05, 0.1) is 22.3 Å². The Balaban J connectivity index is 0.000000652. The average Bonchev–Trinajstić information content (AvgIpc) is 3.34. The summed E-state index contributed by atoms with van der Waals surface area (Å²) in [7, 11) is 0. The molecule has 1 aromatic heterocycles. The van der Waals surface area contributed by atoms with Crippen LogP contribution in [0.3, 0.4) is 0 Å². The molecule has 0 aliphatic heterocycles. The fourth-order valence-corrected chi connectivity index (χ4v) is 5.19. The number of rotatable bonds is 1. The maximum absolute atomic E-state index is 9.75. The second kappa shape index (κ2) is 9.20. The monoisotopic (exact) mass is 444 g/mol. The fraction of sp³-hybridized carbons (Fsp3) is 0.219. The number of hydrogen-bond acceptors (Lipinski definition) is 1. The minimum atomic E-state index is -0.0594. The lowest BCUT2D eigenvalue weighted by molar-refractivity contribution is 0.661. The van der Waals surface area contributed by atoms with Gasteiger partial charge in [-0.25, -0.2) is 0 Å². The number of para-hydroxylation sites is 2. The van der Waals surface area contributed by atoms with Crippen molar-refractivity contribution in [3.63, 3.8) is 0 Å². The maximum atomic E-state index is 9.75. The predicted molar refractivity (Wildman–Crippen MR) is 146 cm³/mol. The van der Waals surface area contributed by atoms with Crippen LogP contribution in [0.1, 0.15) is 58.2 Å².